The zero-order chi connectivity index (χ0) is 8.27. The maximum Gasteiger partial charge on any atom is 0.0687 e. The second kappa shape index (κ2) is 3.54. The van der Waals surface area contributed by atoms with Crippen molar-refractivity contribution in [3.63, 3.8) is 0 Å². The van der Waals surface area contributed by atoms with Gasteiger partial charge in [-0.15, -0.1) is 0 Å². The van der Waals surface area contributed by atoms with E-state index in [1.54, 1.807) is 0 Å². The van der Waals surface area contributed by atoms with Crippen LogP contribution < -0.4 is 0 Å². The van der Waals surface area contributed by atoms with Gasteiger partial charge in [0.2, 0.25) is 0 Å². The molecule has 0 aromatic rings. The van der Waals surface area contributed by atoms with Crippen LogP contribution in [-0.4, -0.2) is 11.7 Å². The molecule has 0 fully saturated rings. The molecule has 1 aliphatic rings. The highest BCUT2D eigenvalue weighted by molar-refractivity contribution is 5.45. The SMILES string of the molecule is C=CC1=C(CO)/C(=C/C)CC1. The summed E-state index contributed by atoms with van der Waals surface area (Å²) in [5.74, 6) is 0. The number of allylic oxidation sites excluding steroid dienone is 3. The summed E-state index contributed by atoms with van der Waals surface area (Å²) >= 11 is 0. The second-order valence-electron chi connectivity index (χ2n) is 2.68. The van der Waals surface area contributed by atoms with Gasteiger partial charge in [0.1, 0.15) is 0 Å². The highest BCUT2D eigenvalue weighted by atomic mass is 16.3. The third-order valence-electron chi connectivity index (χ3n) is 2.19. The Morgan fingerprint density at radius 3 is 2.73 bits per heavy atom. The van der Waals surface area contributed by atoms with Crippen LogP contribution in [0.4, 0.5) is 0 Å². The molecule has 0 amide bonds. The van der Waals surface area contributed by atoms with Gasteiger partial charge in [0.25, 0.3) is 0 Å². The van der Waals surface area contributed by atoms with Gasteiger partial charge in [0, 0.05) is 0 Å². The van der Waals surface area contributed by atoms with Crippen molar-refractivity contribution in [3.05, 3.63) is 35.5 Å². The Balaban J connectivity index is 2.96. The van der Waals surface area contributed by atoms with Gasteiger partial charge in [-0.05, 0) is 36.5 Å². The predicted octanol–water partition coefficient (Wildman–Crippen LogP) is 2.20. The molecular weight excluding hydrogens is 136 g/mol. The molecule has 1 rings (SSSR count). The fraction of sp³-hybridized carbons (Fsp3) is 0.400. The van der Waals surface area contributed by atoms with Gasteiger partial charge < -0.3 is 5.11 Å². The molecule has 0 aromatic carbocycles. The van der Waals surface area contributed by atoms with E-state index in [1.807, 2.05) is 13.0 Å². The van der Waals surface area contributed by atoms with Crippen LogP contribution >= 0.6 is 0 Å². The summed E-state index contributed by atoms with van der Waals surface area (Å²) in [4.78, 5) is 0. The maximum atomic E-state index is 9.02. The fourth-order valence-corrected chi connectivity index (χ4v) is 1.52. The molecule has 0 unspecified atom stereocenters. The van der Waals surface area contributed by atoms with E-state index in [4.69, 9.17) is 5.11 Å². The summed E-state index contributed by atoms with van der Waals surface area (Å²) in [6, 6.07) is 0. The summed E-state index contributed by atoms with van der Waals surface area (Å²) in [7, 11) is 0. The number of aliphatic hydroxyl groups excluding tert-OH is 1. The Labute approximate surface area is 67.7 Å². The molecule has 0 saturated carbocycles. The minimum atomic E-state index is 0.154. The minimum Gasteiger partial charge on any atom is -0.392 e. The number of aliphatic hydroxyl groups is 1. The van der Waals surface area contributed by atoms with Crippen molar-refractivity contribution in [2.45, 2.75) is 19.8 Å². The predicted molar refractivity (Wildman–Crippen MR) is 47.3 cm³/mol. The average molecular weight is 150 g/mol. The second-order valence-corrected chi connectivity index (χ2v) is 2.68. The quantitative estimate of drug-likeness (QED) is 0.639. The Bertz CT molecular complexity index is 221. The normalized spacial score (nSPS) is 21.5. The van der Waals surface area contributed by atoms with Crippen LogP contribution in [-0.2, 0) is 0 Å². The van der Waals surface area contributed by atoms with Gasteiger partial charge in [0.15, 0.2) is 0 Å². The highest BCUT2D eigenvalue weighted by Gasteiger charge is 2.15. The van der Waals surface area contributed by atoms with Crippen LogP contribution in [0.15, 0.2) is 35.5 Å². The zero-order valence-electron chi connectivity index (χ0n) is 6.93. The molecule has 60 valence electrons. The summed E-state index contributed by atoms with van der Waals surface area (Å²) in [6.45, 7) is 5.88. The van der Waals surface area contributed by atoms with Gasteiger partial charge in [-0.3, -0.25) is 0 Å². The highest BCUT2D eigenvalue weighted by Crippen LogP contribution is 2.31. The molecule has 0 spiro atoms. The van der Waals surface area contributed by atoms with E-state index in [2.05, 4.69) is 12.7 Å². The molecule has 0 heterocycles. The fourth-order valence-electron chi connectivity index (χ4n) is 1.52. The van der Waals surface area contributed by atoms with Crippen molar-refractivity contribution in [1.29, 1.82) is 0 Å². The first kappa shape index (κ1) is 8.28. The minimum absolute atomic E-state index is 0.154. The van der Waals surface area contributed by atoms with Crippen molar-refractivity contribution in [2.24, 2.45) is 0 Å². The van der Waals surface area contributed by atoms with Crippen molar-refractivity contribution >= 4 is 0 Å². The number of hydrogen-bond donors (Lipinski definition) is 1. The zero-order valence-corrected chi connectivity index (χ0v) is 6.93. The number of hydrogen-bond acceptors (Lipinski definition) is 1. The van der Waals surface area contributed by atoms with Crippen LogP contribution in [0.2, 0.25) is 0 Å². The van der Waals surface area contributed by atoms with E-state index in [9.17, 15) is 0 Å². The first-order valence-corrected chi connectivity index (χ1v) is 3.94. The van der Waals surface area contributed by atoms with Crippen LogP contribution in [0.5, 0.6) is 0 Å². The average Bonchev–Trinajstić information content (AvgIpc) is 2.45. The first-order valence-electron chi connectivity index (χ1n) is 3.94. The monoisotopic (exact) mass is 150 g/mol. The summed E-state index contributed by atoms with van der Waals surface area (Å²) < 4.78 is 0. The Morgan fingerprint density at radius 2 is 2.27 bits per heavy atom. The lowest BCUT2D eigenvalue weighted by Gasteiger charge is -2.00. The van der Waals surface area contributed by atoms with Crippen LogP contribution in [0.3, 0.4) is 0 Å². The summed E-state index contributed by atoms with van der Waals surface area (Å²) in [5, 5.41) is 9.02. The lowest BCUT2D eigenvalue weighted by molar-refractivity contribution is 0.333. The molecule has 1 N–H and O–H groups in total. The van der Waals surface area contributed by atoms with Crippen LogP contribution in [0.1, 0.15) is 19.8 Å². The van der Waals surface area contributed by atoms with E-state index >= 15 is 0 Å². The largest absolute Gasteiger partial charge is 0.392 e. The van der Waals surface area contributed by atoms with E-state index in [1.165, 1.54) is 11.1 Å². The van der Waals surface area contributed by atoms with Gasteiger partial charge in [-0.25, -0.2) is 0 Å². The molecule has 11 heavy (non-hydrogen) atoms. The molecule has 0 aromatic heterocycles. The van der Waals surface area contributed by atoms with E-state index in [0.29, 0.717) is 0 Å². The van der Waals surface area contributed by atoms with Gasteiger partial charge in [-0.1, -0.05) is 18.7 Å². The molecule has 0 saturated heterocycles. The smallest absolute Gasteiger partial charge is 0.0687 e. The maximum absolute atomic E-state index is 9.02. The molecule has 0 radical (unpaired) electrons. The molecule has 1 nitrogen and oxygen atoms in total. The third-order valence-corrected chi connectivity index (χ3v) is 2.19. The van der Waals surface area contributed by atoms with Crippen LogP contribution in [0, 0.1) is 0 Å². The van der Waals surface area contributed by atoms with E-state index in [0.717, 1.165) is 18.4 Å². The third kappa shape index (κ3) is 1.43. The van der Waals surface area contributed by atoms with Crippen LogP contribution in [0.25, 0.3) is 0 Å². The Kier molecular flexibility index (Phi) is 2.66. The lowest BCUT2D eigenvalue weighted by Crippen LogP contribution is -1.90. The standard InChI is InChI=1S/C10H14O/c1-3-8-5-6-9(4-2)10(8)7-11/h3-4,11H,1,5-7H2,2H3/b9-4+. The van der Waals surface area contributed by atoms with E-state index < -0.39 is 0 Å². The number of rotatable bonds is 2. The first-order chi connectivity index (χ1) is 5.33. The van der Waals surface area contributed by atoms with Gasteiger partial charge in [-0.2, -0.15) is 0 Å². The molecule has 1 aliphatic carbocycles. The van der Waals surface area contributed by atoms with Crippen molar-refractivity contribution in [1.82, 2.24) is 0 Å². The van der Waals surface area contributed by atoms with E-state index in [-0.39, 0.29) is 6.61 Å². The molecule has 0 aliphatic heterocycles. The van der Waals surface area contributed by atoms with Crippen molar-refractivity contribution < 1.29 is 5.11 Å². The van der Waals surface area contributed by atoms with Crippen molar-refractivity contribution in [2.75, 3.05) is 6.61 Å². The summed E-state index contributed by atoms with van der Waals surface area (Å²) in [5.41, 5.74) is 3.57. The Morgan fingerprint density at radius 1 is 1.55 bits per heavy atom. The molecular formula is C10H14O. The topological polar surface area (TPSA) is 20.2 Å². The molecule has 0 bridgehead atoms. The molecule has 0 atom stereocenters. The lowest BCUT2D eigenvalue weighted by atomic mass is 10.1. The van der Waals surface area contributed by atoms with Gasteiger partial charge in [0.05, 0.1) is 6.61 Å². The van der Waals surface area contributed by atoms with Gasteiger partial charge >= 0.3 is 0 Å². The van der Waals surface area contributed by atoms with Crippen molar-refractivity contribution in [3.8, 4) is 0 Å². The summed E-state index contributed by atoms with van der Waals surface area (Å²) in [6.07, 6.45) is 6.02. The Hall–Kier alpha value is -0.820. The molecule has 1 heteroatoms.